The summed E-state index contributed by atoms with van der Waals surface area (Å²) >= 11 is 0. The van der Waals surface area contributed by atoms with Crippen LogP contribution in [0.25, 0.3) is 0 Å². The molecule has 0 saturated carbocycles. The standard InChI is InChI=1S/C15H26N2O4/c1-5-20-13(18)11-8-10-6-7-16-9-12(10)17(11)14(19)21-15(2,3)4/h10-12,16H,5-9H2,1-4H3/t10-,11?,12-/m0/s1. The first-order chi connectivity index (χ1) is 9.83. The van der Waals surface area contributed by atoms with Crippen LogP contribution in [-0.4, -0.2) is 54.3 Å². The number of amides is 1. The van der Waals surface area contributed by atoms with Gasteiger partial charge in [0.15, 0.2) is 0 Å². The number of piperidine rings is 1. The number of rotatable bonds is 2. The fourth-order valence-corrected chi connectivity index (χ4v) is 3.15. The number of nitrogens with one attached hydrogen (secondary N) is 1. The Morgan fingerprint density at radius 3 is 2.67 bits per heavy atom. The topological polar surface area (TPSA) is 67.9 Å². The zero-order valence-corrected chi connectivity index (χ0v) is 13.3. The molecule has 2 fully saturated rings. The van der Waals surface area contributed by atoms with E-state index in [1.807, 2.05) is 20.8 Å². The normalized spacial score (nSPS) is 29.0. The summed E-state index contributed by atoms with van der Waals surface area (Å²) in [5.74, 6) is 0.0194. The molecule has 0 spiro atoms. The van der Waals surface area contributed by atoms with E-state index in [9.17, 15) is 9.59 Å². The maximum atomic E-state index is 12.5. The molecule has 1 unspecified atom stereocenters. The molecule has 6 nitrogen and oxygen atoms in total. The second kappa shape index (κ2) is 6.22. The summed E-state index contributed by atoms with van der Waals surface area (Å²) in [5.41, 5.74) is -0.573. The zero-order valence-electron chi connectivity index (χ0n) is 13.3. The van der Waals surface area contributed by atoms with Gasteiger partial charge in [-0.25, -0.2) is 9.59 Å². The molecule has 1 amide bonds. The molecular weight excluding hydrogens is 272 g/mol. The number of hydrogen-bond acceptors (Lipinski definition) is 5. The second-order valence-corrected chi connectivity index (χ2v) is 6.71. The number of fused-ring (bicyclic) bond motifs is 1. The molecule has 1 N–H and O–H groups in total. The molecule has 2 aliphatic heterocycles. The Bertz CT molecular complexity index is 405. The number of carbonyl (C=O) groups is 2. The third kappa shape index (κ3) is 3.67. The van der Waals surface area contributed by atoms with Gasteiger partial charge in [0.2, 0.25) is 0 Å². The van der Waals surface area contributed by atoms with Crippen LogP contribution in [0.3, 0.4) is 0 Å². The number of esters is 1. The van der Waals surface area contributed by atoms with Crippen molar-refractivity contribution in [2.24, 2.45) is 5.92 Å². The number of hydrogen-bond donors (Lipinski definition) is 1. The van der Waals surface area contributed by atoms with E-state index in [0.717, 1.165) is 13.0 Å². The largest absolute Gasteiger partial charge is 0.464 e. The van der Waals surface area contributed by atoms with Crippen LogP contribution in [0.1, 0.15) is 40.5 Å². The Labute approximate surface area is 126 Å². The lowest BCUT2D eigenvalue weighted by Crippen LogP contribution is -2.53. The van der Waals surface area contributed by atoms with Gasteiger partial charge in [0, 0.05) is 6.54 Å². The van der Waals surface area contributed by atoms with Crippen molar-refractivity contribution < 1.29 is 19.1 Å². The van der Waals surface area contributed by atoms with Crippen LogP contribution in [0.15, 0.2) is 0 Å². The summed E-state index contributed by atoms with van der Waals surface area (Å²) in [5, 5.41) is 3.29. The molecular formula is C15H26N2O4. The van der Waals surface area contributed by atoms with Crippen molar-refractivity contribution in [3.05, 3.63) is 0 Å². The van der Waals surface area contributed by atoms with Crippen molar-refractivity contribution in [2.45, 2.75) is 58.2 Å². The molecule has 3 atom stereocenters. The van der Waals surface area contributed by atoms with Gasteiger partial charge in [-0.2, -0.15) is 0 Å². The minimum atomic E-state index is -0.573. The van der Waals surface area contributed by atoms with Gasteiger partial charge < -0.3 is 14.8 Å². The Hall–Kier alpha value is -1.30. The van der Waals surface area contributed by atoms with E-state index in [1.165, 1.54) is 0 Å². The molecule has 6 heteroatoms. The average molecular weight is 298 g/mol. The Morgan fingerprint density at radius 2 is 2.05 bits per heavy atom. The summed E-state index contributed by atoms with van der Waals surface area (Å²) in [4.78, 5) is 26.3. The van der Waals surface area contributed by atoms with E-state index in [0.29, 0.717) is 25.5 Å². The van der Waals surface area contributed by atoms with Crippen molar-refractivity contribution in [1.29, 1.82) is 0 Å². The van der Waals surface area contributed by atoms with Crippen LogP contribution in [-0.2, 0) is 14.3 Å². The Morgan fingerprint density at radius 1 is 1.33 bits per heavy atom. The predicted molar refractivity (Wildman–Crippen MR) is 77.9 cm³/mol. The van der Waals surface area contributed by atoms with E-state index in [1.54, 1.807) is 11.8 Å². The monoisotopic (exact) mass is 298 g/mol. The van der Waals surface area contributed by atoms with Gasteiger partial charge in [0.05, 0.1) is 12.6 Å². The minimum absolute atomic E-state index is 0.0167. The first-order valence-electron chi connectivity index (χ1n) is 7.72. The summed E-state index contributed by atoms with van der Waals surface area (Å²) < 4.78 is 10.6. The molecule has 0 radical (unpaired) electrons. The van der Waals surface area contributed by atoms with Gasteiger partial charge in [0.25, 0.3) is 0 Å². The molecule has 0 bridgehead atoms. The van der Waals surface area contributed by atoms with Gasteiger partial charge in [0.1, 0.15) is 11.6 Å². The van der Waals surface area contributed by atoms with Gasteiger partial charge in [-0.1, -0.05) is 0 Å². The van der Waals surface area contributed by atoms with Crippen LogP contribution < -0.4 is 5.32 Å². The van der Waals surface area contributed by atoms with Crippen LogP contribution in [0.4, 0.5) is 4.79 Å². The smallest absolute Gasteiger partial charge is 0.411 e. The summed E-state index contributed by atoms with van der Waals surface area (Å²) in [6, 6.07) is -0.502. The maximum absolute atomic E-state index is 12.5. The zero-order chi connectivity index (χ0) is 15.6. The van der Waals surface area contributed by atoms with E-state index < -0.39 is 17.7 Å². The molecule has 0 aliphatic carbocycles. The van der Waals surface area contributed by atoms with Gasteiger partial charge >= 0.3 is 12.1 Å². The second-order valence-electron chi connectivity index (χ2n) is 6.71. The Balaban J connectivity index is 2.18. The minimum Gasteiger partial charge on any atom is -0.464 e. The van der Waals surface area contributed by atoms with Gasteiger partial charge in [-0.3, -0.25) is 4.90 Å². The highest BCUT2D eigenvalue weighted by Gasteiger charge is 2.49. The van der Waals surface area contributed by atoms with Crippen molar-refractivity contribution in [3.8, 4) is 0 Å². The third-order valence-corrected chi connectivity index (χ3v) is 3.97. The van der Waals surface area contributed by atoms with Crippen molar-refractivity contribution in [3.63, 3.8) is 0 Å². The van der Waals surface area contributed by atoms with Crippen molar-refractivity contribution >= 4 is 12.1 Å². The molecule has 0 aromatic carbocycles. The fraction of sp³-hybridized carbons (Fsp3) is 0.867. The first kappa shape index (κ1) is 16.1. The van der Waals surface area contributed by atoms with E-state index in [-0.39, 0.29) is 12.0 Å². The van der Waals surface area contributed by atoms with E-state index in [4.69, 9.17) is 9.47 Å². The van der Waals surface area contributed by atoms with Crippen LogP contribution in [0.5, 0.6) is 0 Å². The summed E-state index contributed by atoms with van der Waals surface area (Å²) in [6.07, 6.45) is 1.22. The molecule has 2 aliphatic rings. The third-order valence-electron chi connectivity index (χ3n) is 3.97. The molecule has 2 rings (SSSR count). The van der Waals surface area contributed by atoms with Crippen LogP contribution in [0.2, 0.25) is 0 Å². The molecule has 120 valence electrons. The summed E-state index contributed by atoms with van der Waals surface area (Å²) in [6.45, 7) is 9.23. The highest BCUT2D eigenvalue weighted by Crippen LogP contribution is 2.35. The Kier molecular flexibility index (Phi) is 4.76. The van der Waals surface area contributed by atoms with Gasteiger partial charge in [-0.05, 0) is 53.0 Å². The molecule has 2 heterocycles. The average Bonchev–Trinajstić information content (AvgIpc) is 2.76. The first-order valence-corrected chi connectivity index (χ1v) is 7.72. The van der Waals surface area contributed by atoms with E-state index >= 15 is 0 Å². The molecule has 2 saturated heterocycles. The molecule has 0 aromatic heterocycles. The highest BCUT2D eigenvalue weighted by molar-refractivity contribution is 5.82. The van der Waals surface area contributed by atoms with Crippen molar-refractivity contribution in [2.75, 3.05) is 19.7 Å². The summed E-state index contributed by atoms with van der Waals surface area (Å²) in [7, 11) is 0. The quantitative estimate of drug-likeness (QED) is 0.783. The lowest BCUT2D eigenvalue weighted by molar-refractivity contribution is -0.148. The lowest BCUT2D eigenvalue weighted by atomic mass is 9.92. The number of carbonyl (C=O) groups excluding carboxylic acids is 2. The predicted octanol–water partition coefficient (Wildman–Crippen LogP) is 1.54. The SMILES string of the molecule is CCOC(=O)C1C[C@@H]2CCNC[C@@H]2N1C(=O)OC(C)(C)C. The fourth-order valence-electron chi connectivity index (χ4n) is 3.15. The van der Waals surface area contributed by atoms with Gasteiger partial charge in [-0.15, -0.1) is 0 Å². The number of ether oxygens (including phenoxy) is 2. The molecule has 21 heavy (non-hydrogen) atoms. The number of likely N-dealkylation sites (tertiary alicyclic amines) is 1. The lowest BCUT2D eigenvalue weighted by Gasteiger charge is -2.34. The van der Waals surface area contributed by atoms with E-state index in [2.05, 4.69) is 5.32 Å². The molecule has 0 aromatic rings. The van der Waals surface area contributed by atoms with Crippen LogP contribution >= 0.6 is 0 Å². The highest BCUT2D eigenvalue weighted by atomic mass is 16.6. The number of nitrogens with zero attached hydrogens (tertiary/aromatic N) is 1. The van der Waals surface area contributed by atoms with Crippen LogP contribution in [0, 0.1) is 5.92 Å². The maximum Gasteiger partial charge on any atom is 0.411 e. The van der Waals surface area contributed by atoms with Crippen molar-refractivity contribution in [1.82, 2.24) is 10.2 Å².